The molecule has 0 amide bonds. The van der Waals surface area contributed by atoms with Gasteiger partial charge in [-0.2, -0.15) is 5.10 Å². The number of aromatic amines is 2. The van der Waals surface area contributed by atoms with E-state index in [1.165, 1.54) is 5.56 Å². The molecule has 102 valence electrons. The first kappa shape index (κ1) is 12.9. The van der Waals surface area contributed by atoms with Gasteiger partial charge in [0.1, 0.15) is 0 Å². The summed E-state index contributed by atoms with van der Waals surface area (Å²) in [7, 11) is 0. The lowest BCUT2D eigenvalue weighted by atomic mass is 10.1. The summed E-state index contributed by atoms with van der Waals surface area (Å²) in [6.07, 6.45) is 6.21. The molecule has 0 bridgehead atoms. The maximum atomic E-state index is 5.88. The Morgan fingerprint density at radius 1 is 1.05 bits per heavy atom. The Hall–Kier alpha value is -2.07. The van der Waals surface area contributed by atoms with Gasteiger partial charge in [-0.3, -0.25) is 5.10 Å². The fourth-order valence-electron chi connectivity index (χ4n) is 2.13. The van der Waals surface area contributed by atoms with E-state index in [0.29, 0.717) is 0 Å². The predicted molar refractivity (Wildman–Crippen MR) is 78.8 cm³/mol. The van der Waals surface area contributed by atoms with Crippen molar-refractivity contribution in [1.82, 2.24) is 20.2 Å². The van der Waals surface area contributed by atoms with Crippen molar-refractivity contribution in [2.75, 3.05) is 0 Å². The molecule has 0 aliphatic rings. The fraction of sp³-hybridized carbons (Fsp3) is 0.200. The average Bonchev–Trinajstić information content (AvgIpc) is 3.10. The lowest BCUT2D eigenvalue weighted by molar-refractivity contribution is 0.868. The van der Waals surface area contributed by atoms with Crippen LogP contribution in [0.4, 0.5) is 0 Å². The predicted octanol–water partition coefficient (Wildman–Crippen LogP) is 3.16. The zero-order valence-electron chi connectivity index (χ0n) is 10.9. The Labute approximate surface area is 122 Å². The summed E-state index contributed by atoms with van der Waals surface area (Å²) < 4.78 is 0. The maximum absolute atomic E-state index is 5.88. The van der Waals surface area contributed by atoms with Gasteiger partial charge in [-0.15, -0.1) is 0 Å². The van der Waals surface area contributed by atoms with Gasteiger partial charge in [0.25, 0.3) is 0 Å². The quantitative estimate of drug-likeness (QED) is 0.757. The van der Waals surface area contributed by atoms with Gasteiger partial charge in [0.05, 0.1) is 12.0 Å². The van der Waals surface area contributed by atoms with Crippen LogP contribution >= 0.6 is 11.6 Å². The van der Waals surface area contributed by atoms with Gasteiger partial charge >= 0.3 is 0 Å². The Bertz CT molecular complexity index is 656. The highest BCUT2D eigenvalue weighted by Gasteiger charge is 2.04. The van der Waals surface area contributed by atoms with E-state index in [1.807, 2.05) is 30.5 Å². The van der Waals surface area contributed by atoms with Gasteiger partial charge in [-0.25, -0.2) is 4.98 Å². The largest absolute Gasteiger partial charge is 0.348 e. The van der Waals surface area contributed by atoms with Gasteiger partial charge in [0, 0.05) is 29.0 Å². The number of halogens is 1. The number of nitrogens with zero attached hydrogens (tertiary/aromatic N) is 2. The molecule has 3 aromatic rings. The maximum Gasteiger partial charge on any atom is 0.0921 e. The van der Waals surface area contributed by atoms with Crippen molar-refractivity contribution >= 4 is 11.6 Å². The second kappa shape index (κ2) is 5.92. The molecule has 20 heavy (non-hydrogen) atoms. The minimum Gasteiger partial charge on any atom is -0.348 e. The molecule has 0 unspecified atom stereocenters. The smallest absolute Gasteiger partial charge is 0.0921 e. The highest BCUT2D eigenvalue weighted by atomic mass is 35.5. The van der Waals surface area contributed by atoms with Gasteiger partial charge in [0.15, 0.2) is 0 Å². The molecule has 0 fully saturated rings. The molecule has 0 spiro atoms. The van der Waals surface area contributed by atoms with Crippen LogP contribution in [0.2, 0.25) is 5.02 Å². The van der Waals surface area contributed by atoms with E-state index < -0.39 is 0 Å². The molecule has 0 saturated carbocycles. The van der Waals surface area contributed by atoms with Crippen LogP contribution in [-0.4, -0.2) is 20.2 Å². The van der Waals surface area contributed by atoms with Crippen LogP contribution in [0.25, 0.3) is 0 Å². The molecule has 3 rings (SSSR count). The van der Waals surface area contributed by atoms with Crippen LogP contribution < -0.4 is 0 Å². The number of aryl methyl sites for hydroxylation is 2. The summed E-state index contributed by atoms with van der Waals surface area (Å²) in [6.45, 7) is 0. The molecule has 0 atom stereocenters. The van der Waals surface area contributed by atoms with Gasteiger partial charge in [-0.05, 0) is 36.6 Å². The number of H-pyrrole nitrogens is 2. The molecule has 0 saturated heterocycles. The molecule has 2 aromatic heterocycles. The lowest BCUT2D eigenvalue weighted by Gasteiger charge is -1.98. The Morgan fingerprint density at radius 2 is 1.90 bits per heavy atom. The lowest BCUT2D eigenvalue weighted by Crippen LogP contribution is -1.91. The van der Waals surface area contributed by atoms with Crippen molar-refractivity contribution < 1.29 is 0 Å². The third kappa shape index (κ3) is 3.27. The molecule has 4 nitrogen and oxygen atoms in total. The molecular formula is C15H15ClN4. The number of benzene rings is 1. The summed E-state index contributed by atoms with van der Waals surface area (Å²) in [4.78, 5) is 7.11. The average molecular weight is 287 g/mol. The third-order valence-electron chi connectivity index (χ3n) is 3.20. The topological polar surface area (TPSA) is 57.4 Å². The van der Waals surface area contributed by atoms with Crippen molar-refractivity contribution in [3.8, 4) is 0 Å². The zero-order chi connectivity index (χ0) is 13.8. The van der Waals surface area contributed by atoms with Crippen molar-refractivity contribution in [1.29, 1.82) is 0 Å². The molecule has 0 aliphatic heterocycles. The van der Waals surface area contributed by atoms with E-state index in [1.54, 1.807) is 6.33 Å². The van der Waals surface area contributed by atoms with Crippen molar-refractivity contribution in [3.63, 3.8) is 0 Å². The number of rotatable bonds is 5. The molecule has 0 radical (unpaired) electrons. The van der Waals surface area contributed by atoms with Crippen LogP contribution in [0.15, 0.2) is 42.9 Å². The zero-order valence-corrected chi connectivity index (χ0v) is 11.7. The van der Waals surface area contributed by atoms with Crippen molar-refractivity contribution in [3.05, 3.63) is 70.5 Å². The van der Waals surface area contributed by atoms with E-state index in [4.69, 9.17) is 11.6 Å². The minimum atomic E-state index is 0.763. The van der Waals surface area contributed by atoms with Crippen LogP contribution in [-0.2, 0) is 19.3 Å². The summed E-state index contributed by atoms with van der Waals surface area (Å²) in [6, 6.07) is 10.0. The Kier molecular flexibility index (Phi) is 3.83. The van der Waals surface area contributed by atoms with E-state index in [9.17, 15) is 0 Å². The molecular weight excluding hydrogens is 272 g/mol. The summed E-state index contributed by atoms with van der Waals surface area (Å²) >= 11 is 5.88. The fourth-order valence-corrected chi connectivity index (χ4v) is 2.26. The first-order valence-corrected chi connectivity index (χ1v) is 6.92. The first-order chi connectivity index (χ1) is 9.79. The standard InChI is InChI=1S/C15H15ClN4/c16-12-3-1-11(2-4-12)7-15-8-13(19-20-15)5-6-14-9-17-10-18-14/h1-4,8-10H,5-7H2,(H,17,18)(H,19,20). The SMILES string of the molecule is Clc1ccc(Cc2cc(CCc3cnc[nH]3)n[nH]2)cc1. The highest BCUT2D eigenvalue weighted by Crippen LogP contribution is 2.13. The molecule has 2 heterocycles. The van der Waals surface area contributed by atoms with Crippen molar-refractivity contribution in [2.45, 2.75) is 19.3 Å². The number of aromatic nitrogens is 4. The monoisotopic (exact) mass is 286 g/mol. The summed E-state index contributed by atoms with van der Waals surface area (Å²) in [5, 5.41) is 8.20. The van der Waals surface area contributed by atoms with E-state index >= 15 is 0 Å². The summed E-state index contributed by atoms with van der Waals surface area (Å²) in [5.74, 6) is 0. The second-order valence-electron chi connectivity index (χ2n) is 4.76. The Balaban J connectivity index is 1.60. The molecule has 1 aromatic carbocycles. The number of imidazole rings is 1. The second-order valence-corrected chi connectivity index (χ2v) is 5.20. The summed E-state index contributed by atoms with van der Waals surface area (Å²) in [5.41, 5.74) is 4.54. The Morgan fingerprint density at radius 3 is 2.65 bits per heavy atom. The molecule has 0 aliphatic carbocycles. The van der Waals surface area contributed by atoms with Crippen LogP contribution in [0.1, 0.15) is 22.6 Å². The van der Waals surface area contributed by atoms with E-state index in [2.05, 4.69) is 26.2 Å². The normalized spacial score (nSPS) is 10.8. The number of nitrogens with one attached hydrogen (secondary N) is 2. The third-order valence-corrected chi connectivity index (χ3v) is 3.45. The highest BCUT2D eigenvalue weighted by molar-refractivity contribution is 6.30. The van der Waals surface area contributed by atoms with Crippen LogP contribution in [0.3, 0.4) is 0 Å². The van der Waals surface area contributed by atoms with Gasteiger partial charge in [0.2, 0.25) is 0 Å². The van der Waals surface area contributed by atoms with E-state index in [-0.39, 0.29) is 0 Å². The first-order valence-electron chi connectivity index (χ1n) is 6.54. The van der Waals surface area contributed by atoms with Crippen LogP contribution in [0.5, 0.6) is 0 Å². The number of hydrogen-bond donors (Lipinski definition) is 2. The van der Waals surface area contributed by atoms with Crippen molar-refractivity contribution in [2.24, 2.45) is 0 Å². The van der Waals surface area contributed by atoms with Crippen LogP contribution in [0, 0.1) is 0 Å². The number of hydrogen-bond acceptors (Lipinski definition) is 2. The minimum absolute atomic E-state index is 0.763. The van der Waals surface area contributed by atoms with Gasteiger partial charge in [-0.1, -0.05) is 23.7 Å². The molecule has 5 heteroatoms. The van der Waals surface area contributed by atoms with E-state index in [0.717, 1.165) is 41.4 Å². The van der Waals surface area contributed by atoms with Gasteiger partial charge < -0.3 is 4.98 Å². The molecule has 2 N–H and O–H groups in total.